The maximum atomic E-state index is 12.0. The fourth-order valence-corrected chi connectivity index (χ4v) is 3.09. The first kappa shape index (κ1) is 17.4. The maximum Gasteiger partial charge on any atom is 0.220 e. The van der Waals surface area contributed by atoms with Gasteiger partial charge in [-0.1, -0.05) is 12.1 Å². The molecule has 0 fully saturated rings. The molecule has 0 aliphatic carbocycles. The molecule has 3 aromatic rings. The van der Waals surface area contributed by atoms with Crippen molar-refractivity contribution in [2.24, 2.45) is 0 Å². The van der Waals surface area contributed by atoms with E-state index in [2.05, 4.69) is 10.4 Å². The maximum absolute atomic E-state index is 12.0. The second-order valence-electron chi connectivity index (χ2n) is 6.50. The number of aryl methyl sites for hydroxylation is 2. The van der Waals surface area contributed by atoms with Crippen molar-refractivity contribution in [3.8, 4) is 0 Å². The molecule has 0 aliphatic rings. The van der Waals surface area contributed by atoms with E-state index in [9.17, 15) is 9.90 Å². The van der Waals surface area contributed by atoms with Gasteiger partial charge in [-0.05, 0) is 51.3 Å². The number of carbonyl (C=O) groups excluding carboxylic acids is 1. The smallest absolute Gasteiger partial charge is 0.220 e. The molecular weight excluding hydrogens is 316 g/mol. The van der Waals surface area contributed by atoms with Crippen LogP contribution in [0.3, 0.4) is 0 Å². The molecule has 25 heavy (non-hydrogen) atoms. The third-order valence-corrected chi connectivity index (χ3v) is 4.50. The normalized spacial score (nSPS) is 12.6. The molecule has 6 heteroatoms. The van der Waals surface area contributed by atoms with E-state index in [4.69, 9.17) is 4.98 Å². The van der Waals surface area contributed by atoms with E-state index in [1.165, 1.54) is 0 Å². The largest absolute Gasteiger partial charge is 0.393 e. The average molecular weight is 340 g/mol. The van der Waals surface area contributed by atoms with Crippen LogP contribution in [0.25, 0.3) is 16.6 Å². The van der Waals surface area contributed by atoms with Crippen LogP contribution in [0.4, 0.5) is 0 Å². The summed E-state index contributed by atoms with van der Waals surface area (Å²) in [4.78, 5) is 16.7. The molecule has 0 bridgehead atoms. The van der Waals surface area contributed by atoms with Gasteiger partial charge in [-0.2, -0.15) is 5.10 Å². The van der Waals surface area contributed by atoms with E-state index < -0.39 is 6.10 Å². The van der Waals surface area contributed by atoms with Crippen molar-refractivity contribution in [2.45, 2.75) is 46.1 Å². The van der Waals surface area contributed by atoms with Gasteiger partial charge in [0.2, 0.25) is 5.91 Å². The lowest BCUT2D eigenvalue weighted by Crippen LogP contribution is -2.26. The Hall–Kier alpha value is -2.47. The van der Waals surface area contributed by atoms with Crippen LogP contribution in [0.1, 0.15) is 36.7 Å². The van der Waals surface area contributed by atoms with Gasteiger partial charge in [0, 0.05) is 29.7 Å². The highest BCUT2D eigenvalue weighted by atomic mass is 16.3. The minimum absolute atomic E-state index is 0.00910. The van der Waals surface area contributed by atoms with Gasteiger partial charge in [-0.3, -0.25) is 4.79 Å². The number of rotatable bonds is 6. The Labute approximate surface area is 146 Å². The van der Waals surface area contributed by atoms with E-state index in [1.807, 2.05) is 42.6 Å². The second kappa shape index (κ2) is 7.19. The number of carbonyl (C=O) groups is 1. The number of hydrogen-bond acceptors (Lipinski definition) is 4. The molecule has 1 aromatic carbocycles. The highest BCUT2D eigenvalue weighted by Gasteiger charge is 2.14. The molecule has 1 unspecified atom stereocenters. The van der Waals surface area contributed by atoms with Gasteiger partial charge < -0.3 is 10.4 Å². The Kier molecular flexibility index (Phi) is 4.99. The molecule has 2 aromatic heterocycles. The first-order chi connectivity index (χ1) is 12.0. The number of amides is 1. The summed E-state index contributed by atoms with van der Waals surface area (Å²) in [5.74, 6) is -0.00910. The number of nitrogens with one attached hydrogen (secondary N) is 1. The Morgan fingerprint density at radius 1 is 1.32 bits per heavy atom. The topological polar surface area (TPSA) is 79.5 Å². The van der Waals surface area contributed by atoms with Crippen molar-refractivity contribution in [3.63, 3.8) is 0 Å². The number of fused-ring (bicyclic) bond motifs is 3. The van der Waals surface area contributed by atoms with E-state index in [0.29, 0.717) is 25.8 Å². The molecule has 3 rings (SSSR count). The summed E-state index contributed by atoms with van der Waals surface area (Å²) >= 11 is 0. The van der Waals surface area contributed by atoms with Crippen LogP contribution in [0.5, 0.6) is 0 Å². The fraction of sp³-hybridized carbons (Fsp3) is 0.421. The molecule has 0 spiro atoms. The number of benzene rings is 1. The third-order valence-electron chi connectivity index (χ3n) is 4.50. The zero-order valence-electron chi connectivity index (χ0n) is 14.9. The number of nitrogens with zero attached hydrogens (tertiary/aromatic N) is 3. The number of aliphatic hydroxyl groups excluding tert-OH is 1. The molecule has 2 N–H and O–H groups in total. The lowest BCUT2D eigenvalue weighted by molar-refractivity contribution is -0.121. The van der Waals surface area contributed by atoms with Crippen LogP contribution >= 0.6 is 0 Å². The van der Waals surface area contributed by atoms with Gasteiger partial charge in [0.1, 0.15) is 0 Å². The van der Waals surface area contributed by atoms with Gasteiger partial charge >= 0.3 is 0 Å². The minimum atomic E-state index is -0.398. The molecular formula is C19H24N4O2. The van der Waals surface area contributed by atoms with Crippen molar-refractivity contribution >= 4 is 22.5 Å². The van der Waals surface area contributed by atoms with Crippen LogP contribution in [0.15, 0.2) is 24.3 Å². The SMILES string of the molecule is Cc1nc2c3ccccc3nn2c(C)c1CCC(=O)NCCC(C)O. The Morgan fingerprint density at radius 3 is 2.84 bits per heavy atom. The van der Waals surface area contributed by atoms with E-state index in [1.54, 1.807) is 6.92 Å². The van der Waals surface area contributed by atoms with Crippen molar-refractivity contribution in [3.05, 3.63) is 41.2 Å². The van der Waals surface area contributed by atoms with Crippen molar-refractivity contribution in [1.29, 1.82) is 0 Å². The van der Waals surface area contributed by atoms with E-state index in [0.717, 1.165) is 33.5 Å². The van der Waals surface area contributed by atoms with Gasteiger partial charge in [-0.25, -0.2) is 9.50 Å². The Balaban J connectivity index is 1.80. The van der Waals surface area contributed by atoms with Crippen LogP contribution in [0.2, 0.25) is 0 Å². The zero-order chi connectivity index (χ0) is 18.0. The van der Waals surface area contributed by atoms with Crippen molar-refractivity contribution in [1.82, 2.24) is 19.9 Å². The molecule has 2 heterocycles. The highest BCUT2D eigenvalue weighted by molar-refractivity contribution is 5.92. The average Bonchev–Trinajstić information content (AvgIpc) is 2.93. The highest BCUT2D eigenvalue weighted by Crippen LogP contribution is 2.22. The third kappa shape index (κ3) is 3.64. The van der Waals surface area contributed by atoms with Crippen molar-refractivity contribution < 1.29 is 9.90 Å². The molecule has 0 saturated heterocycles. The van der Waals surface area contributed by atoms with E-state index in [-0.39, 0.29) is 5.91 Å². The van der Waals surface area contributed by atoms with Gasteiger partial charge in [0.05, 0.1) is 11.6 Å². The van der Waals surface area contributed by atoms with E-state index >= 15 is 0 Å². The lowest BCUT2D eigenvalue weighted by Gasteiger charge is -2.11. The predicted molar refractivity (Wildman–Crippen MR) is 97.6 cm³/mol. The fourth-order valence-electron chi connectivity index (χ4n) is 3.09. The second-order valence-corrected chi connectivity index (χ2v) is 6.50. The summed E-state index contributed by atoms with van der Waals surface area (Å²) in [5, 5.41) is 17.8. The number of aliphatic hydroxyl groups is 1. The zero-order valence-corrected chi connectivity index (χ0v) is 14.9. The molecule has 0 saturated carbocycles. The summed E-state index contributed by atoms with van der Waals surface area (Å²) in [5.41, 5.74) is 4.80. The standard InChI is InChI=1S/C19H24N4O2/c1-12(24)10-11-20-18(25)9-8-15-13(2)21-19-16-6-4-5-7-17(16)22-23(19)14(15)3/h4-7,12,24H,8-11H2,1-3H3,(H,20,25). The molecule has 1 atom stereocenters. The summed E-state index contributed by atoms with van der Waals surface area (Å²) in [6, 6.07) is 7.96. The summed E-state index contributed by atoms with van der Waals surface area (Å²) in [6.45, 7) is 6.22. The van der Waals surface area contributed by atoms with Crippen LogP contribution in [-0.4, -0.2) is 38.3 Å². The van der Waals surface area contributed by atoms with Gasteiger partial charge in [0.15, 0.2) is 5.65 Å². The summed E-state index contributed by atoms with van der Waals surface area (Å²) in [6.07, 6.45) is 1.19. The van der Waals surface area contributed by atoms with Crippen LogP contribution in [0, 0.1) is 13.8 Å². The lowest BCUT2D eigenvalue weighted by atomic mass is 10.1. The van der Waals surface area contributed by atoms with Gasteiger partial charge in [-0.15, -0.1) is 0 Å². The summed E-state index contributed by atoms with van der Waals surface area (Å²) in [7, 11) is 0. The number of aromatic nitrogens is 3. The molecule has 132 valence electrons. The quantitative estimate of drug-likeness (QED) is 0.722. The summed E-state index contributed by atoms with van der Waals surface area (Å²) < 4.78 is 1.87. The van der Waals surface area contributed by atoms with Crippen LogP contribution in [-0.2, 0) is 11.2 Å². The Bertz CT molecular complexity index is 915. The first-order valence-electron chi connectivity index (χ1n) is 8.65. The minimum Gasteiger partial charge on any atom is -0.393 e. The molecule has 1 amide bonds. The monoisotopic (exact) mass is 340 g/mol. The number of hydrogen-bond donors (Lipinski definition) is 2. The Morgan fingerprint density at radius 2 is 2.08 bits per heavy atom. The molecule has 6 nitrogen and oxygen atoms in total. The van der Waals surface area contributed by atoms with Gasteiger partial charge in [0.25, 0.3) is 0 Å². The first-order valence-corrected chi connectivity index (χ1v) is 8.65. The van der Waals surface area contributed by atoms with Crippen LogP contribution < -0.4 is 5.32 Å². The molecule has 0 radical (unpaired) electrons. The molecule has 0 aliphatic heterocycles. The van der Waals surface area contributed by atoms with Crippen molar-refractivity contribution in [2.75, 3.05) is 6.54 Å². The predicted octanol–water partition coefficient (Wildman–Crippen LogP) is 2.32.